The average molecular weight is 300 g/mol. The molecule has 0 radical (unpaired) electrons. The highest BCUT2D eigenvalue weighted by Crippen LogP contribution is 2.21. The summed E-state index contributed by atoms with van der Waals surface area (Å²) < 4.78 is 36.9. The van der Waals surface area contributed by atoms with E-state index in [1.165, 1.54) is 18.2 Å². The predicted molar refractivity (Wildman–Crippen MR) is 65.8 cm³/mol. The fourth-order valence-electron chi connectivity index (χ4n) is 1.60. The molecule has 1 aromatic carbocycles. The molecular weight excluding hydrogens is 291 g/mol. The van der Waals surface area contributed by atoms with E-state index in [0.717, 1.165) is 10.9 Å². The maximum Gasteiger partial charge on any atom is 0.410 e. The van der Waals surface area contributed by atoms with Gasteiger partial charge in [-0.1, -0.05) is 18.2 Å². The summed E-state index contributed by atoms with van der Waals surface area (Å²) in [5.74, 6) is -1.41. The van der Waals surface area contributed by atoms with Crippen LogP contribution >= 0.6 is 0 Å². The molecule has 0 aliphatic rings. The Morgan fingerprint density at radius 1 is 1.40 bits per heavy atom. The molecule has 1 heterocycles. The van der Waals surface area contributed by atoms with Gasteiger partial charge in [-0.05, 0) is 11.0 Å². The third-order valence-electron chi connectivity index (χ3n) is 2.48. The summed E-state index contributed by atoms with van der Waals surface area (Å²) in [6.07, 6.45) is 0.903. The smallest absolute Gasteiger partial charge is 0.358 e. The standard InChI is InChI=1S/C10H9FN4O4S/c11-8-4-2-1-3-7(8)5-14-6-9(20(12,18)19)10(13-14)15(16)17/h1-4,6H,5H2,(H2,12,18,19). The molecule has 0 fully saturated rings. The zero-order valence-electron chi connectivity index (χ0n) is 9.93. The summed E-state index contributed by atoms with van der Waals surface area (Å²) >= 11 is 0. The number of sulfonamides is 1. The maximum atomic E-state index is 13.5. The predicted octanol–water partition coefficient (Wildman–Crippen LogP) is 0.626. The highest BCUT2D eigenvalue weighted by molar-refractivity contribution is 7.89. The van der Waals surface area contributed by atoms with Gasteiger partial charge in [-0.2, -0.15) is 4.68 Å². The van der Waals surface area contributed by atoms with Gasteiger partial charge in [0, 0.05) is 5.56 Å². The van der Waals surface area contributed by atoms with E-state index in [2.05, 4.69) is 5.10 Å². The Morgan fingerprint density at radius 2 is 2.05 bits per heavy atom. The normalized spacial score (nSPS) is 11.5. The fourth-order valence-corrected chi connectivity index (χ4v) is 2.24. The number of rotatable bonds is 4. The lowest BCUT2D eigenvalue weighted by molar-refractivity contribution is -0.392. The molecule has 0 aliphatic heterocycles. The number of primary sulfonamides is 1. The van der Waals surface area contributed by atoms with E-state index < -0.39 is 31.5 Å². The molecule has 0 saturated heterocycles. The first kappa shape index (κ1) is 14.1. The Kier molecular flexibility index (Phi) is 3.51. The summed E-state index contributed by atoms with van der Waals surface area (Å²) in [5.41, 5.74) is 0.214. The zero-order valence-corrected chi connectivity index (χ0v) is 10.7. The number of nitrogens with zero attached hydrogens (tertiary/aromatic N) is 3. The van der Waals surface area contributed by atoms with Crippen molar-refractivity contribution >= 4 is 15.8 Å². The Balaban J connectivity index is 2.45. The van der Waals surface area contributed by atoms with Gasteiger partial charge in [0.2, 0.25) is 14.9 Å². The van der Waals surface area contributed by atoms with Crippen LogP contribution in [0.25, 0.3) is 0 Å². The molecule has 106 valence electrons. The number of nitro groups is 1. The van der Waals surface area contributed by atoms with Crippen molar-refractivity contribution in [3.8, 4) is 0 Å². The SMILES string of the molecule is NS(=O)(=O)c1cn(Cc2ccccc2F)nc1[N+](=O)[O-]. The first-order chi connectivity index (χ1) is 9.29. The Labute approximate surface area is 112 Å². The van der Waals surface area contributed by atoms with Gasteiger partial charge in [-0.25, -0.2) is 17.9 Å². The molecule has 2 aromatic rings. The number of hydrogen-bond acceptors (Lipinski definition) is 5. The van der Waals surface area contributed by atoms with E-state index in [9.17, 15) is 22.9 Å². The van der Waals surface area contributed by atoms with E-state index in [1.807, 2.05) is 0 Å². The van der Waals surface area contributed by atoms with Gasteiger partial charge >= 0.3 is 5.82 Å². The van der Waals surface area contributed by atoms with Gasteiger partial charge in [-0.3, -0.25) is 0 Å². The zero-order chi connectivity index (χ0) is 14.9. The number of halogens is 1. The van der Waals surface area contributed by atoms with Crippen molar-refractivity contribution in [1.82, 2.24) is 9.78 Å². The number of hydrogen-bond donors (Lipinski definition) is 1. The highest BCUT2D eigenvalue weighted by atomic mass is 32.2. The van der Waals surface area contributed by atoms with Gasteiger partial charge in [0.1, 0.15) is 5.82 Å². The number of aromatic nitrogens is 2. The summed E-state index contributed by atoms with van der Waals surface area (Å²) in [6, 6.07) is 5.74. The average Bonchev–Trinajstić information content (AvgIpc) is 2.76. The van der Waals surface area contributed by atoms with Crippen LogP contribution in [0.1, 0.15) is 5.56 Å². The number of benzene rings is 1. The molecule has 0 spiro atoms. The van der Waals surface area contributed by atoms with E-state index in [1.54, 1.807) is 6.07 Å². The van der Waals surface area contributed by atoms with Crippen LogP contribution in [0, 0.1) is 15.9 Å². The second-order valence-electron chi connectivity index (χ2n) is 3.91. The van der Waals surface area contributed by atoms with E-state index in [4.69, 9.17) is 5.14 Å². The van der Waals surface area contributed by atoms with Crippen LogP contribution in [0.15, 0.2) is 35.4 Å². The van der Waals surface area contributed by atoms with Gasteiger partial charge < -0.3 is 10.1 Å². The van der Waals surface area contributed by atoms with Crippen molar-refractivity contribution in [3.63, 3.8) is 0 Å². The van der Waals surface area contributed by atoms with Crippen LogP contribution in [0.5, 0.6) is 0 Å². The van der Waals surface area contributed by atoms with Crippen molar-refractivity contribution in [2.24, 2.45) is 5.14 Å². The molecule has 10 heteroatoms. The van der Waals surface area contributed by atoms with Crippen molar-refractivity contribution in [3.05, 3.63) is 52.0 Å². The first-order valence-corrected chi connectivity index (χ1v) is 6.81. The van der Waals surface area contributed by atoms with Gasteiger partial charge in [0.05, 0.1) is 17.8 Å². The molecule has 0 atom stereocenters. The van der Waals surface area contributed by atoms with Crippen LogP contribution in [0.4, 0.5) is 10.2 Å². The summed E-state index contributed by atoms with van der Waals surface area (Å²) in [6.45, 7) is -0.150. The second kappa shape index (κ2) is 4.98. The minimum Gasteiger partial charge on any atom is -0.358 e. The van der Waals surface area contributed by atoms with E-state index >= 15 is 0 Å². The van der Waals surface area contributed by atoms with Crippen LogP contribution in [0.2, 0.25) is 0 Å². The summed E-state index contributed by atoms with van der Waals surface area (Å²) in [5, 5.41) is 19.1. The largest absolute Gasteiger partial charge is 0.410 e. The highest BCUT2D eigenvalue weighted by Gasteiger charge is 2.28. The van der Waals surface area contributed by atoms with Crippen LogP contribution in [0.3, 0.4) is 0 Å². The molecule has 0 unspecified atom stereocenters. The Hall–Kier alpha value is -2.33. The van der Waals surface area contributed by atoms with Gasteiger partial charge in [0.15, 0.2) is 0 Å². The van der Waals surface area contributed by atoms with Crippen LogP contribution < -0.4 is 5.14 Å². The molecule has 0 saturated carbocycles. The molecule has 0 aliphatic carbocycles. The first-order valence-electron chi connectivity index (χ1n) is 5.27. The minimum atomic E-state index is -4.28. The molecule has 20 heavy (non-hydrogen) atoms. The monoisotopic (exact) mass is 300 g/mol. The van der Waals surface area contributed by atoms with Crippen molar-refractivity contribution in [1.29, 1.82) is 0 Å². The van der Waals surface area contributed by atoms with E-state index in [-0.39, 0.29) is 12.1 Å². The lowest BCUT2D eigenvalue weighted by Crippen LogP contribution is -2.13. The fraction of sp³-hybridized carbons (Fsp3) is 0.100. The Morgan fingerprint density at radius 3 is 2.55 bits per heavy atom. The van der Waals surface area contributed by atoms with Crippen LogP contribution in [-0.4, -0.2) is 23.1 Å². The third kappa shape index (κ3) is 2.81. The van der Waals surface area contributed by atoms with Crippen molar-refractivity contribution in [2.75, 3.05) is 0 Å². The molecular formula is C10H9FN4O4S. The van der Waals surface area contributed by atoms with Crippen molar-refractivity contribution in [2.45, 2.75) is 11.4 Å². The molecule has 0 bridgehead atoms. The molecule has 0 amide bonds. The van der Waals surface area contributed by atoms with Gasteiger partial charge in [0.25, 0.3) is 0 Å². The number of nitrogens with two attached hydrogens (primary N) is 1. The van der Waals surface area contributed by atoms with Crippen molar-refractivity contribution < 1.29 is 17.7 Å². The summed E-state index contributed by atoms with van der Waals surface area (Å²) in [7, 11) is -4.28. The molecule has 1 aromatic heterocycles. The minimum absolute atomic E-state index is 0.150. The lowest BCUT2D eigenvalue weighted by Gasteiger charge is -1.99. The molecule has 2 rings (SSSR count). The van der Waals surface area contributed by atoms with Gasteiger partial charge in [-0.15, -0.1) is 0 Å². The second-order valence-corrected chi connectivity index (χ2v) is 5.44. The van der Waals surface area contributed by atoms with Crippen LogP contribution in [-0.2, 0) is 16.6 Å². The topological polar surface area (TPSA) is 121 Å². The quantitative estimate of drug-likeness (QED) is 0.655. The maximum absolute atomic E-state index is 13.5. The third-order valence-corrected chi connectivity index (χ3v) is 3.38. The Bertz CT molecular complexity index is 771. The summed E-state index contributed by atoms with van der Waals surface area (Å²) in [4.78, 5) is 9.07. The van der Waals surface area contributed by atoms with E-state index in [0.29, 0.717) is 0 Å². The molecule has 8 nitrogen and oxygen atoms in total. The molecule has 2 N–H and O–H groups in total. The lowest BCUT2D eigenvalue weighted by atomic mass is 10.2.